The minimum absolute atomic E-state index is 0.231. The summed E-state index contributed by atoms with van der Waals surface area (Å²) in [4.78, 5) is 29.5. The van der Waals surface area contributed by atoms with Crippen molar-refractivity contribution < 1.29 is 14.3 Å². The molecule has 0 saturated carbocycles. The minimum atomic E-state index is -0.664. The van der Waals surface area contributed by atoms with E-state index in [1.54, 1.807) is 36.1 Å². The van der Waals surface area contributed by atoms with E-state index in [9.17, 15) is 9.59 Å². The Balaban J connectivity index is 1.35. The van der Waals surface area contributed by atoms with E-state index in [2.05, 4.69) is 20.5 Å². The summed E-state index contributed by atoms with van der Waals surface area (Å²) in [5.74, 6) is -0.699. The van der Waals surface area contributed by atoms with E-state index in [-0.39, 0.29) is 5.56 Å². The standard InChI is InChI=1S/C25H20N6O3/c1-17-23(24-26-13-8-14-30(24)28-17)25(33)34-16-22(32)27-21-15-20(18-9-4-2-5-10-18)29-31(21)19-11-6-3-7-12-19/h2-15H,16H2,1H3,(H,27,32). The van der Waals surface area contributed by atoms with Gasteiger partial charge in [-0.05, 0) is 25.1 Å². The van der Waals surface area contributed by atoms with Crippen molar-refractivity contribution in [3.8, 4) is 16.9 Å². The van der Waals surface area contributed by atoms with Gasteiger partial charge in [0.2, 0.25) is 0 Å². The molecule has 9 nitrogen and oxygen atoms in total. The Kier molecular flexibility index (Phi) is 5.57. The van der Waals surface area contributed by atoms with Gasteiger partial charge in [-0.1, -0.05) is 48.5 Å². The number of benzene rings is 2. The number of hydrogen-bond donors (Lipinski definition) is 1. The lowest BCUT2D eigenvalue weighted by molar-refractivity contribution is -0.119. The molecule has 0 aliphatic rings. The molecule has 0 unspecified atom stereocenters. The Bertz CT molecular complexity index is 1470. The first-order valence-corrected chi connectivity index (χ1v) is 10.6. The second-order valence-electron chi connectivity index (χ2n) is 7.50. The fourth-order valence-corrected chi connectivity index (χ4v) is 3.60. The van der Waals surface area contributed by atoms with Crippen LogP contribution in [0.1, 0.15) is 16.1 Å². The first kappa shape index (κ1) is 21.1. The Morgan fingerprint density at radius 1 is 0.971 bits per heavy atom. The van der Waals surface area contributed by atoms with Crippen molar-refractivity contribution in [3.05, 3.63) is 96.4 Å². The summed E-state index contributed by atoms with van der Waals surface area (Å²) < 4.78 is 8.41. The minimum Gasteiger partial charge on any atom is -0.452 e. The van der Waals surface area contributed by atoms with E-state index >= 15 is 0 Å². The summed E-state index contributed by atoms with van der Waals surface area (Å²) in [5, 5.41) is 11.7. The quantitative estimate of drug-likeness (QED) is 0.394. The Hall–Kier alpha value is -4.79. The fraction of sp³-hybridized carbons (Fsp3) is 0.0800. The second-order valence-corrected chi connectivity index (χ2v) is 7.50. The van der Waals surface area contributed by atoms with Crippen LogP contribution in [0.2, 0.25) is 0 Å². The molecule has 34 heavy (non-hydrogen) atoms. The van der Waals surface area contributed by atoms with Crippen molar-refractivity contribution in [2.75, 3.05) is 11.9 Å². The summed E-state index contributed by atoms with van der Waals surface area (Å²) in [7, 11) is 0. The zero-order chi connectivity index (χ0) is 23.5. The first-order chi connectivity index (χ1) is 16.6. The summed E-state index contributed by atoms with van der Waals surface area (Å²) in [5.41, 5.74) is 3.47. The van der Waals surface area contributed by atoms with Gasteiger partial charge in [-0.2, -0.15) is 10.2 Å². The summed E-state index contributed by atoms with van der Waals surface area (Å²) in [6.45, 7) is 1.22. The molecule has 0 atom stereocenters. The molecular formula is C25H20N6O3. The van der Waals surface area contributed by atoms with E-state index in [1.165, 1.54) is 4.52 Å². The Morgan fingerprint density at radius 2 is 1.71 bits per heavy atom. The number of carbonyl (C=O) groups is 2. The van der Waals surface area contributed by atoms with Crippen LogP contribution in [0.15, 0.2) is 85.2 Å². The molecule has 1 amide bonds. The lowest BCUT2D eigenvalue weighted by Gasteiger charge is -2.09. The van der Waals surface area contributed by atoms with E-state index < -0.39 is 18.5 Å². The van der Waals surface area contributed by atoms with Gasteiger partial charge in [0.25, 0.3) is 5.91 Å². The van der Waals surface area contributed by atoms with Gasteiger partial charge < -0.3 is 10.1 Å². The third-order valence-electron chi connectivity index (χ3n) is 5.16. The number of aryl methyl sites for hydroxylation is 1. The number of anilines is 1. The highest BCUT2D eigenvalue weighted by molar-refractivity contribution is 5.99. The van der Waals surface area contributed by atoms with Gasteiger partial charge in [0, 0.05) is 24.0 Å². The van der Waals surface area contributed by atoms with Gasteiger partial charge in [0.15, 0.2) is 12.3 Å². The molecule has 0 saturated heterocycles. The van der Waals surface area contributed by atoms with Crippen LogP contribution >= 0.6 is 0 Å². The van der Waals surface area contributed by atoms with Gasteiger partial charge in [0.1, 0.15) is 11.4 Å². The van der Waals surface area contributed by atoms with Crippen LogP contribution in [-0.4, -0.2) is 42.9 Å². The predicted molar refractivity (Wildman–Crippen MR) is 126 cm³/mol. The number of carbonyl (C=O) groups excluding carboxylic acids is 2. The number of amides is 1. The Labute approximate surface area is 194 Å². The van der Waals surface area contributed by atoms with Crippen LogP contribution in [0.4, 0.5) is 5.82 Å². The average molecular weight is 452 g/mol. The molecule has 2 aromatic carbocycles. The zero-order valence-electron chi connectivity index (χ0n) is 18.3. The Morgan fingerprint density at radius 3 is 2.47 bits per heavy atom. The summed E-state index contributed by atoms with van der Waals surface area (Å²) in [6, 6.07) is 22.6. The largest absolute Gasteiger partial charge is 0.452 e. The maximum atomic E-state index is 12.7. The summed E-state index contributed by atoms with van der Waals surface area (Å²) in [6.07, 6.45) is 3.25. The smallest absolute Gasteiger partial charge is 0.344 e. The van der Waals surface area contributed by atoms with Crippen LogP contribution in [0.3, 0.4) is 0 Å². The average Bonchev–Trinajstić information content (AvgIpc) is 3.44. The van der Waals surface area contributed by atoms with Crippen LogP contribution in [0, 0.1) is 6.92 Å². The third-order valence-corrected chi connectivity index (χ3v) is 5.16. The van der Waals surface area contributed by atoms with E-state index in [4.69, 9.17) is 4.74 Å². The van der Waals surface area contributed by atoms with E-state index in [0.717, 1.165) is 11.3 Å². The van der Waals surface area contributed by atoms with Gasteiger partial charge in [-0.15, -0.1) is 0 Å². The zero-order valence-corrected chi connectivity index (χ0v) is 18.3. The van der Waals surface area contributed by atoms with E-state index in [1.807, 2.05) is 60.7 Å². The number of ether oxygens (including phenoxy) is 1. The number of aromatic nitrogens is 5. The molecule has 0 radical (unpaired) electrons. The predicted octanol–water partition coefficient (Wildman–Crippen LogP) is 3.69. The molecule has 168 valence electrons. The molecule has 0 aliphatic carbocycles. The van der Waals surface area contributed by atoms with Crippen molar-refractivity contribution in [1.29, 1.82) is 0 Å². The van der Waals surface area contributed by atoms with E-state index in [0.29, 0.717) is 22.9 Å². The number of para-hydroxylation sites is 1. The molecule has 5 rings (SSSR count). The molecular weight excluding hydrogens is 432 g/mol. The molecule has 0 spiro atoms. The number of esters is 1. The lowest BCUT2D eigenvalue weighted by Crippen LogP contribution is -2.22. The highest BCUT2D eigenvalue weighted by Crippen LogP contribution is 2.24. The highest BCUT2D eigenvalue weighted by atomic mass is 16.5. The summed E-state index contributed by atoms with van der Waals surface area (Å²) >= 11 is 0. The third kappa shape index (κ3) is 4.14. The number of fused-ring (bicyclic) bond motifs is 1. The highest BCUT2D eigenvalue weighted by Gasteiger charge is 2.21. The maximum absolute atomic E-state index is 12.7. The molecule has 3 aromatic heterocycles. The van der Waals surface area contributed by atoms with Gasteiger partial charge in [0.05, 0.1) is 17.1 Å². The number of nitrogens with one attached hydrogen (secondary N) is 1. The second kappa shape index (κ2) is 8.99. The van der Waals surface area contributed by atoms with Crippen LogP contribution in [0.5, 0.6) is 0 Å². The van der Waals surface area contributed by atoms with Crippen LogP contribution in [-0.2, 0) is 9.53 Å². The van der Waals surface area contributed by atoms with Crippen LogP contribution < -0.4 is 5.32 Å². The molecule has 1 N–H and O–H groups in total. The molecule has 3 heterocycles. The van der Waals surface area contributed by atoms with Gasteiger partial charge >= 0.3 is 5.97 Å². The number of nitrogens with zero attached hydrogens (tertiary/aromatic N) is 5. The van der Waals surface area contributed by atoms with Crippen molar-refractivity contribution in [1.82, 2.24) is 24.4 Å². The molecule has 0 aliphatic heterocycles. The lowest BCUT2D eigenvalue weighted by atomic mass is 10.2. The van der Waals surface area contributed by atoms with Crippen molar-refractivity contribution in [3.63, 3.8) is 0 Å². The molecule has 0 bridgehead atoms. The normalized spacial score (nSPS) is 10.9. The number of rotatable bonds is 6. The molecule has 5 aromatic rings. The van der Waals surface area contributed by atoms with Crippen molar-refractivity contribution in [2.24, 2.45) is 0 Å². The first-order valence-electron chi connectivity index (χ1n) is 10.6. The van der Waals surface area contributed by atoms with Crippen molar-refractivity contribution >= 4 is 23.3 Å². The molecule has 0 fully saturated rings. The van der Waals surface area contributed by atoms with Gasteiger partial charge in [-0.25, -0.2) is 19.0 Å². The van der Waals surface area contributed by atoms with Crippen molar-refractivity contribution in [2.45, 2.75) is 6.92 Å². The number of hydrogen-bond acceptors (Lipinski definition) is 6. The van der Waals surface area contributed by atoms with Gasteiger partial charge in [-0.3, -0.25) is 4.79 Å². The monoisotopic (exact) mass is 452 g/mol. The topological polar surface area (TPSA) is 103 Å². The SMILES string of the molecule is Cc1nn2cccnc2c1C(=O)OCC(=O)Nc1cc(-c2ccccc2)nn1-c1ccccc1. The maximum Gasteiger partial charge on any atom is 0.344 e. The fourth-order valence-electron chi connectivity index (χ4n) is 3.60. The molecule has 9 heteroatoms. The van der Waals surface area contributed by atoms with Crippen LogP contribution in [0.25, 0.3) is 22.6 Å².